The summed E-state index contributed by atoms with van der Waals surface area (Å²) in [5.41, 5.74) is 0.588. The zero-order valence-electron chi connectivity index (χ0n) is 15.1. The van der Waals surface area contributed by atoms with Gasteiger partial charge in [0, 0.05) is 10.9 Å². The molecular weight excluding hydrogens is 420 g/mol. The lowest BCUT2D eigenvalue weighted by molar-refractivity contribution is -0.114. The van der Waals surface area contributed by atoms with Crippen LogP contribution in [0.2, 0.25) is 0 Å². The fourth-order valence-electron chi connectivity index (χ4n) is 3.27. The molecule has 29 heavy (non-hydrogen) atoms. The number of carbonyl (C=O) groups is 1. The number of halogens is 2. The van der Waals surface area contributed by atoms with Gasteiger partial charge in [0.2, 0.25) is 5.91 Å². The van der Waals surface area contributed by atoms with Gasteiger partial charge in [-0.3, -0.25) is 9.79 Å². The standard InChI is InChI=1S/C19H17F2N3O3S2/c20-12-5-7-13(8-6-12)22-18(25)9-24(16-4-2-1-3-14(16)21)19-23-15-10-29(26,27)11-17(15)28-19/h1-8,15,17H,9-11H2,(H,22,25). The number of para-hydroxylation sites is 1. The van der Waals surface area contributed by atoms with Crippen molar-refractivity contribution in [3.63, 3.8) is 0 Å². The van der Waals surface area contributed by atoms with E-state index in [-0.39, 0.29) is 29.0 Å². The highest BCUT2D eigenvalue weighted by atomic mass is 32.2. The predicted octanol–water partition coefficient (Wildman–Crippen LogP) is 2.68. The van der Waals surface area contributed by atoms with E-state index in [1.165, 1.54) is 53.1 Å². The number of benzene rings is 2. The molecule has 1 fully saturated rings. The molecule has 4 rings (SSSR count). The van der Waals surface area contributed by atoms with E-state index in [1.807, 2.05) is 0 Å². The van der Waals surface area contributed by atoms with Gasteiger partial charge < -0.3 is 10.2 Å². The number of hydrogen-bond acceptors (Lipinski definition) is 6. The van der Waals surface area contributed by atoms with Gasteiger partial charge in [-0.05, 0) is 36.4 Å². The number of fused-ring (bicyclic) bond motifs is 1. The van der Waals surface area contributed by atoms with Crippen LogP contribution in [0.1, 0.15) is 0 Å². The van der Waals surface area contributed by atoms with E-state index in [2.05, 4.69) is 10.3 Å². The molecule has 2 atom stereocenters. The third-order valence-corrected chi connectivity index (χ3v) is 7.86. The lowest BCUT2D eigenvalue weighted by Gasteiger charge is -2.24. The Bertz CT molecular complexity index is 1070. The zero-order chi connectivity index (χ0) is 20.6. The van der Waals surface area contributed by atoms with Gasteiger partial charge >= 0.3 is 0 Å². The van der Waals surface area contributed by atoms with Crippen molar-refractivity contribution in [3.8, 4) is 0 Å². The number of anilines is 2. The molecule has 2 aromatic rings. The molecule has 10 heteroatoms. The van der Waals surface area contributed by atoms with E-state index in [1.54, 1.807) is 12.1 Å². The van der Waals surface area contributed by atoms with Gasteiger partial charge in [0.15, 0.2) is 15.0 Å². The first-order valence-electron chi connectivity index (χ1n) is 8.83. The number of sulfone groups is 1. The molecule has 1 saturated heterocycles. The van der Waals surface area contributed by atoms with Crippen LogP contribution < -0.4 is 10.2 Å². The quantitative estimate of drug-likeness (QED) is 0.796. The van der Waals surface area contributed by atoms with Crippen LogP contribution in [0.4, 0.5) is 20.2 Å². The molecule has 2 heterocycles. The van der Waals surface area contributed by atoms with E-state index >= 15 is 0 Å². The summed E-state index contributed by atoms with van der Waals surface area (Å²) in [4.78, 5) is 18.5. The minimum atomic E-state index is -3.13. The van der Waals surface area contributed by atoms with Crippen LogP contribution in [0.3, 0.4) is 0 Å². The van der Waals surface area contributed by atoms with Gasteiger partial charge in [0.25, 0.3) is 0 Å². The monoisotopic (exact) mass is 437 g/mol. The highest BCUT2D eigenvalue weighted by Crippen LogP contribution is 2.37. The van der Waals surface area contributed by atoms with E-state index < -0.39 is 33.4 Å². The molecule has 0 aliphatic carbocycles. The first-order valence-corrected chi connectivity index (χ1v) is 11.5. The summed E-state index contributed by atoms with van der Waals surface area (Å²) >= 11 is 1.25. The van der Waals surface area contributed by atoms with Crippen molar-refractivity contribution >= 4 is 44.0 Å². The molecule has 152 valence electrons. The largest absolute Gasteiger partial charge is 0.325 e. The summed E-state index contributed by atoms with van der Waals surface area (Å²) in [6.07, 6.45) is 0. The van der Waals surface area contributed by atoms with E-state index in [4.69, 9.17) is 0 Å². The van der Waals surface area contributed by atoms with Crippen molar-refractivity contribution in [2.24, 2.45) is 4.99 Å². The lowest BCUT2D eigenvalue weighted by Crippen LogP contribution is -2.37. The highest BCUT2D eigenvalue weighted by molar-refractivity contribution is 8.15. The number of nitrogens with zero attached hydrogens (tertiary/aromatic N) is 2. The second-order valence-electron chi connectivity index (χ2n) is 6.80. The van der Waals surface area contributed by atoms with Crippen LogP contribution >= 0.6 is 11.8 Å². The average molecular weight is 437 g/mol. The summed E-state index contributed by atoms with van der Waals surface area (Å²) in [6, 6.07) is 10.9. The Hall–Kier alpha value is -2.46. The Morgan fingerprint density at radius 1 is 1.14 bits per heavy atom. The summed E-state index contributed by atoms with van der Waals surface area (Å²) in [7, 11) is -3.13. The average Bonchev–Trinajstić information content (AvgIpc) is 3.16. The topological polar surface area (TPSA) is 78.8 Å². The molecule has 0 radical (unpaired) electrons. The molecule has 0 spiro atoms. The van der Waals surface area contributed by atoms with Crippen molar-refractivity contribution in [2.45, 2.75) is 11.3 Å². The molecular formula is C19H17F2N3O3S2. The van der Waals surface area contributed by atoms with Crippen LogP contribution in [0.5, 0.6) is 0 Å². The summed E-state index contributed by atoms with van der Waals surface area (Å²) in [5, 5.41) is 2.83. The fraction of sp³-hybridized carbons (Fsp3) is 0.263. The molecule has 2 aliphatic heterocycles. The van der Waals surface area contributed by atoms with E-state index in [0.717, 1.165) is 0 Å². The van der Waals surface area contributed by atoms with Gasteiger partial charge in [-0.1, -0.05) is 23.9 Å². The van der Waals surface area contributed by atoms with Crippen LogP contribution in [-0.2, 0) is 14.6 Å². The second kappa shape index (κ2) is 7.75. The van der Waals surface area contributed by atoms with Crippen LogP contribution in [0.25, 0.3) is 0 Å². The van der Waals surface area contributed by atoms with Crippen molar-refractivity contribution in [1.29, 1.82) is 0 Å². The van der Waals surface area contributed by atoms with Gasteiger partial charge in [0.05, 0.1) is 23.2 Å². The maximum atomic E-state index is 14.5. The minimum absolute atomic E-state index is 0.0161. The first kappa shape index (κ1) is 19.8. The second-order valence-corrected chi connectivity index (χ2v) is 10.2. The molecule has 2 aromatic carbocycles. The molecule has 1 N–H and O–H groups in total. The third kappa shape index (κ3) is 4.43. The van der Waals surface area contributed by atoms with Crippen LogP contribution in [-0.4, -0.2) is 48.8 Å². The SMILES string of the molecule is O=C(CN(C1=NC2CS(=O)(=O)CC2S1)c1ccccc1F)Nc1ccc(F)cc1. The smallest absolute Gasteiger partial charge is 0.244 e. The van der Waals surface area contributed by atoms with E-state index in [9.17, 15) is 22.0 Å². The third-order valence-electron chi connectivity index (χ3n) is 4.61. The molecule has 0 saturated carbocycles. The maximum absolute atomic E-state index is 14.5. The van der Waals surface area contributed by atoms with Gasteiger partial charge in [-0.15, -0.1) is 0 Å². The Labute approximate surface area is 170 Å². The summed E-state index contributed by atoms with van der Waals surface area (Å²) in [5.74, 6) is -1.40. The van der Waals surface area contributed by atoms with Gasteiger partial charge in [0.1, 0.15) is 18.2 Å². The maximum Gasteiger partial charge on any atom is 0.244 e. The predicted molar refractivity (Wildman–Crippen MR) is 110 cm³/mol. The molecule has 1 amide bonds. The Morgan fingerprint density at radius 3 is 2.55 bits per heavy atom. The number of aliphatic imine (C=N–C) groups is 1. The Balaban J connectivity index is 1.57. The van der Waals surface area contributed by atoms with Crippen molar-refractivity contribution in [2.75, 3.05) is 28.3 Å². The number of amidine groups is 1. The molecule has 2 aliphatic rings. The van der Waals surface area contributed by atoms with Crippen LogP contribution in [0, 0.1) is 11.6 Å². The Kier molecular flexibility index (Phi) is 5.30. The van der Waals surface area contributed by atoms with Crippen LogP contribution in [0.15, 0.2) is 53.5 Å². The van der Waals surface area contributed by atoms with E-state index in [0.29, 0.717) is 10.9 Å². The molecule has 6 nitrogen and oxygen atoms in total. The number of rotatable bonds is 4. The zero-order valence-corrected chi connectivity index (χ0v) is 16.7. The molecule has 2 unspecified atom stereocenters. The minimum Gasteiger partial charge on any atom is -0.325 e. The Morgan fingerprint density at radius 2 is 1.86 bits per heavy atom. The number of thioether (sulfide) groups is 1. The summed E-state index contributed by atoms with van der Waals surface area (Å²) in [6.45, 7) is -0.226. The highest BCUT2D eigenvalue weighted by Gasteiger charge is 2.44. The lowest BCUT2D eigenvalue weighted by atomic mass is 10.2. The van der Waals surface area contributed by atoms with Crippen molar-refractivity contribution < 1.29 is 22.0 Å². The number of carbonyl (C=O) groups excluding carboxylic acids is 1. The molecule has 0 aromatic heterocycles. The number of amides is 1. The fourth-order valence-corrected chi connectivity index (χ4v) is 7.05. The first-order chi connectivity index (χ1) is 13.8. The summed E-state index contributed by atoms with van der Waals surface area (Å²) < 4.78 is 51.1. The van der Waals surface area contributed by atoms with Crippen molar-refractivity contribution in [1.82, 2.24) is 0 Å². The molecule has 0 bridgehead atoms. The number of hydrogen-bond donors (Lipinski definition) is 1. The van der Waals surface area contributed by atoms with Gasteiger partial charge in [-0.25, -0.2) is 17.2 Å². The number of nitrogens with one attached hydrogen (secondary N) is 1. The van der Waals surface area contributed by atoms with Gasteiger partial charge in [-0.2, -0.15) is 0 Å². The van der Waals surface area contributed by atoms with Crippen molar-refractivity contribution in [3.05, 3.63) is 60.2 Å². The normalized spacial score (nSPS) is 22.1.